The van der Waals surface area contributed by atoms with Crippen LogP contribution in [0.25, 0.3) is 11.4 Å². The molecule has 0 spiro atoms. The highest BCUT2D eigenvalue weighted by atomic mass is 16.5. The minimum atomic E-state index is -0.594. The first-order chi connectivity index (χ1) is 17.9. The van der Waals surface area contributed by atoms with E-state index >= 15 is 0 Å². The summed E-state index contributed by atoms with van der Waals surface area (Å²) in [6.07, 6.45) is 0.341. The summed E-state index contributed by atoms with van der Waals surface area (Å²) in [5.41, 5.74) is 1.82. The lowest BCUT2D eigenvalue weighted by atomic mass is 10.1. The van der Waals surface area contributed by atoms with Crippen LogP contribution >= 0.6 is 0 Å². The molecule has 1 amide bonds. The third-order valence-electron chi connectivity index (χ3n) is 6.39. The molecular formula is C27H42N6O4. The van der Waals surface area contributed by atoms with E-state index in [0.717, 1.165) is 48.9 Å². The number of nitrogens with one attached hydrogen (secondary N) is 2. The Morgan fingerprint density at radius 2 is 2.00 bits per heavy atom. The van der Waals surface area contributed by atoms with Crippen molar-refractivity contribution >= 4 is 17.5 Å². The maximum atomic E-state index is 11.8. The van der Waals surface area contributed by atoms with Gasteiger partial charge in [-0.1, -0.05) is 26.0 Å². The summed E-state index contributed by atoms with van der Waals surface area (Å²) in [6.45, 7) is 12.5. The SMILES string of the molecule is CC.CNCC(O)COc1cccc(-c2nc(NC3CCOC3)c(C)c(N3CCN(C(C)=O)CC3)n2)c1. The predicted octanol–water partition coefficient (Wildman–Crippen LogP) is 2.31. The highest BCUT2D eigenvalue weighted by molar-refractivity contribution is 5.74. The summed E-state index contributed by atoms with van der Waals surface area (Å²) < 4.78 is 11.3. The molecule has 2 saturated heterocycles. The van der Waals surface area contributed by atoms with Crippen molar-refractivity contribution in [3.63, 3.8) is 0 Å². The Bertz CT molecular complexity index is 1010. The number of likely N-dealkylation sites (N-methyl/N-ethyl adjacent to an activating group) is 1. The Morgan fingerprint density at radius 1 is 1.24 bits per heavy atom. The topological polar surface area (TPSA) is 112 Å². The Balaban J connectivity index is 0.00000186. The third-order valence-corrected chi connectivity index (χ3v) is 6.39. The quantitative estimate of drug-likeness (QED) is 0.464. The maximum absolute atomic E-state index is 11.8. The van der Waals surface area contributed by atoms with Crippen molar-refractivity contribution in [1.82, 2.24) is 20.2 Å². The van der Waals surface area contributed by atoms with E-state index < -0.39 is 6.10 Å². The van der Waals surface area contributed by atoms with Gasteiger partial charge in [0.25, 0.3) is 0 Å². The molecule has 204 valence electrons. The molecular weight excluding hydrogens is 472 g/mol. The highest BCUT2D eigenvalue weighted by Gasteiger charge is 2.25. The van der Waals surface area contributed by atoms with Crippen LogP contribution in [-0.4, -0.2) is 97.6 Å². The molecule has 3 heterocycles. The van der Waals surface area contributed by atoms with Gasteiger partial charge in [-0.15, -0.1) is 0 Å². The second-order valence-electron chi connectivity index (χ2n) is 9.09. The van der Waals surface area contributed by atoms with Crippen molar-refractivity contribution in [2.24, 2.45) is 0 Å². The molecule has 2 aromatic rings. The summed E-state index contributed by atoms with van der Waals surface area (Å²) in [5, 5.41) is 16.5. The molecule has 2 atom stereocenters. The Labute approximate surface area is 220 Å². The van der Waals surface area contributed by atoms with Gasteiger partial charge in [0.2, 0.25) is 5.91 Å². The summed E-state index contributed by atoms with van der Waals surface area (Å²) in [4.78, 5) is 25.7. The fraction of sp³-hybridized carbons (Fsp3) is 0.593. The number of hydrogen-bond acceptors (Lipinski definition) is 9. The molecule has 0 bridgehead atoms. The molecule has 37 heavy (non-hydrogen) atoms. The van der Waals surface area contributed by atoms with Crippen molar-refractivity contribution in [3.8, 4) is 17.1 Å². The second-order valence-corrected chi connectivity index (χ2v) is 9.09. The summed E-state index contributed by atoms with van der Waals surface area (Å²) in [5.74, 6) is 3.02. The van der Waals surface area contributed by atoms with Gasteiger partial charge in [-0.05, 0) is 32.5 Å². The Kier molecular flexibility index (Phi) is 10.9. The van der Waals surface area contributed by atoms with Gasteiger partial charge in [-0.3, -0.25) is 4.79 Å². The van der Waals surface area contributed by atoms with E-state index in [2.05, 4.69) is 15.5 Å². The van der Waals surface area contributed by atoms with E-state index in [1.54, 1.807) is 14.0 Å². The minimum absolute atomic E-state index is 0.102. The van der Waals surface area contributed by atoms with Crippen molar-refractivity contribution < 1.29 is 19.4 Å². The van der Waals surface area contributed by atoms with Crippen LogP contribution in [0, 0.1) is 6.92 Å². The van der Waals surface area contributed by atoms with Crippen molar-refractivity contribution in [2.75, 3.05) is 69.8 Å². The molecule has 1 aromatic carbocycles. The first kappa shape index (κ1) is 28.6. The number of benzene rings is 1. The van der Waals surface area contributed by atoms with Gasteiger partial charge >= 0.3 is 0 Å². The van der Waals surface area contributed by atoms with E-state index in [4.69, 9.17) is 19.4 Å². The van der Waals surface area contributed by atoms with E-state index in [1.807, 2.05) is 49.9 Å². The number of hydrogen-bond donors (Lipinski definition) is 3. The molecule has 1 aromatic heterocycles. The van der Waals surface area contributed by atoms with Crippen molar-refractivity contribution in [1.29, 1.82) is 0 Å². The summed E-state index contributed by atoms with van der Waals surface area (Å²) in [6, 6.07) is 7.84. The lowest BCUT2D eigenvalue weighted by molar-refractivity contribution is -0.129. The van der Waals surface area contributed by atoms with Crippen molar-refractivity contribution in [2.45, 2.75) is 46.3 Å². The van der Waals surface area contributed by atoms with Gasteiger partial charge < -0.3 is 35.0 Å². The van der Waals surface area contributed by atoms with Crippen LogP contribution in [0.5, 0.6) is 5.75 Å². The van der Waals surface area contributed by atoms with Gasteiger partial charge in [0.15, 0.2) is 5.82 Å². The molecule has 3 N–H and O–H groups in total. The van der Waals surface area contributed by atoms with Gasteiger partial charge in [-0.25, -0.2) is 9.97 Å². The lowest BCUT2D eigenvalue weighted by Crippen LogP contribution is -2.48. The Hall–Kier alpha value is -2.95. The van der Waals surface area contributed by atoms with E-state index in [1.165, 1.54) is 0 Å². The summed E-state index contributed by atoms with van der Waals surface area (Å²) in [7, 11) is 1.79. The van der Waals surface area contributed by atoms with Gasteiger partial charge in [0, 0.05) is 57.4 Å². The number of rotatable bonds is 9. The van der Waals surface area contributed by atoms with Gasteiger partial charge in [0.05, 0.1) is 12.6 Å². The number of anilines is 2. The average molecular weight is 515 g/mol. The molecule has 0 saturated carbocycles. The molecule has 0 aliphatic carbocycles. The van der Waals surface area contributed by atoms with E-state index in [9.17, 15) is 9.90 Å². The predicted molar refractivity (Wildman–Crippen MR) is 146 cm³/mol. The third kappa shape index (κ3) is 7.77. The zero-order valence-electron chi connectivity index (χ0n) is 22.8. The van der Waals surface area contributed by atoms with Crippen LogP contribution in [-0.2, 0) is 9.53 Å². The van der Waals surface area contributed by atoms with Crippen LogP contribution < -0.4 is 20.3 Å². The fourth-order valence-electron chi connectivity index (χ4n) is 4.37. The molecule has 4 rings (SSSR count). The molecule has 0 radical (unpaired) electrons. The molecule has 2 aliphatic rings. The largest absolute Gasteiger partial charge is 0.491 e. The van der Waals surface area contributed by atoms with Crippen molar-refractivity contribution in [3.05, 3.63) is 29.8 Å². The van der Waals surface area contributed by atoms with E-state index in [0.29, 0.717) is 37.8 Å². The highest BCUT2D eigenvalue weighted by Crippen LogP contribution is 2.30. The van der Waals surface area contributed by atoms with Crippen LogP contribution in [0.2, 0.25) is 0 Å². The molecule has 2 fully saturated rings. The first-order valence-electron chi connectivity index (χ1n) is 13.2. The van der Waals surface area contributed by atoms with Crippen LogP contribution in [0.3, 0.4) is 0 Å². The number of aromatic nitrogens is 2. The Morgan fingerprint density at radius 3 is 2.65 bits per heavy atom. The summed E-state index contributed by atoms with van der Waals surface area (Å²) >= 11 is 0. The average Bonchev–Trinajstić information content (AvgIpc) is 3.43. The number of aliphatic hydroxyl groups is 1. The normalized spacial score (nSPS) is 18.2. The number of carbonyl (C=O) groups excluding carboxylic acids is 1. The van der Waals surface area contributed by atoms with Gasteiger partial charge in [0.1, 0.15) is 30.1 Å². The molecule has 2 unspecified atom stereocenters. The number of aliphatic hydroxyl groups excluding tert-OH is 1. The molecule has 10 nitrogen and oxygen atoms in total. The van der Waals surface area contributed by atoms with Crippen LogP contribution in [0.15, 0.2) is 24.3 Å². The zero-order chi connectivity index (χ0) is 26.8. The number of amides is 1. The smallest absolute Gasteiger partial charge is 0.219 e. The maximum Gasteiger partial charge on any atom is 0.219 e. The molecule has 10 heteroatoms. The standard InChI is InChI=1S/C25H36N6O4.C2H6/c1-17-23(27-20-7-12-34-15-20)28-24(29-25(17)31-10-8-30(9-11-31)18(2)32)19-5-4-6-22(13-19)35-16-21(33)14-26-3;1-2/h4-6,13,20-21,26,33H,7-12,14-16H2,1-3H3,(H,27,28,29);1-2H3. The van der Waals surface area contributed by atoms with Crippen LogP contribution in [0.4, 0.5) is 11.6 Å². The van der Waals surface area contributed by atoms with E-state index in [-0.39, 0.29) is 18.6 Å². The van der Waals surface area contributed by atoms with Gasteiger partial charge in [-0.2, -0.15) is 0 Å². The number of nitrogens with zero attached hydrogens (tertiary/aromatic N) is 4. The minimum Gasteiger partial charge on any atom is -0.491 e. The monoisotopic (exact) mass is 514 g/mol. The zero-order valence-corrected chi connectivity index (χ0v) is 22.8. The fourth-order valence-corrected chi connectivity index (χ4v) is 4.37. The number of ether oxygens (including phenoxy) is 2. The number of piperazine rings is 1. The second kappa shape index (κ2) is 14.1. The van der Waals surface area contributed by atoms with Crippen LogP contribution in [0.1, 0.15) is 32.8 Å². The number of carbonyl (C=O) groups is 1. The lowest BCUT2D eigenvalue weighted by Gasteiger charge is -2.36. The first-order valence-corrected chi connectivity index (χ1v) is 13.2. The molecule has 2 aliphatic heterocycles.